The van der Waals surface area contributed by atoms with Gasteiger partial charge in [-0.1, -0.05) is 42.1 Å². The Kier molecular flexibility index (Phi) is 7.59. The molecule has 8 heteroatoms. The second kappa shape index (κ2) is 11.0. The van der Waals surface area contributed by atoms with Gasteiger partial charge < -0.3 is 9.64 Å². The Balaban J connectivity index is 1.59. The summed E-state index contributed by atoms with van der Waals surface area (Å²) in [7, 11) is 1.64. The van der Waals surface area contributed by atoms with Gasteiger partial charge in [0.1, 0.15) is 5.75 Å². The van der Waals surface area contributed by atoms with E-state index in [9.17, 15) is 4.79 Å². The first-order valence-corrected chi connectivity index (χ1v) is 12.0. The molecule has 2 heterocycles. The van der Waals surface area contributed by atoms with E-state index in [0.717, 1.165) is 22.6 Å². The maximum atomic E-state index is 13.2. The standard InChI is InChI=1S/C26H27N5O2S/c1-19(2)30(17-20-7-5-4-6-8-20)24(32)18-34-26-29-28-25(21-13-15-27-16-14-21)31(26)22-9-11-23(33-3)12-10-22/h4-16,19H,17-18H2,1-3H3. The number of thioether (sulfide) groups is 1. The van der Waals surface area contributed by atoms with E-state index < -0.39 is 0 Å². The lowest BCUT2D eigenvalue weighted by Crippen LogP contribution is -2.37. The average Bonchev–Trinajstić information content (AvgIpc) is 3.31. The first kappa shape index (κ1) is 23.5. The number of amides is 1. The van der Waals surface area contributed by atoms with Gasteiger partial charge in [0.2, 0.25) is 5.91 Å². The number of aromatic nitrogens is 4. The number of methoxy groups -OCH3 is 1. The summed E-state index contributed by atoms with van der Waals surface area (Å²) in [6, 6.07) is 21.6. The third kappa shape index (κ3) is 5.46. The second-order valence-electron chi connectivity index (χ2n) is 7.97. The molecule has 0 N–H and O–H groups in total. The predicted octanol–water partition coefficient (Wildman–Crippen LogP) is 4.87. The Morgan fingerprint density at radius 2 is 1.71 bits per heavy atom. The van der Waals surface area contributed by atoms with Crippen LogP contribution in [-0.4, -0.2) is 49.5 Å². The SMILES string of the molecule is COc1ccc(-n2c(SCC(=O)N(Cc3ccccc3)C(C)C)nnc2-c2ccncc2)cc1. The highest BCUT2D eigenvalue weighted by atomic mass is 32.2. The van der Waals surface area contributed by atoms with Gasteiger partial charge in [0.05, 0.1) is 12.9 Å². The fraction of sp³-hybridized carbons (Fsp3) is 0.231. The number of hydrogen-bond acceptors (Lipinski definition) is 6. The minimum Gasteiger partial charge on any atom is -0.497 e. The number of pyridine rings is 1. The zero-order chi connectivity index (χ0) is 23.9. The van der Waals surface area contributed by atoms with Crippen molar-refractivity contribution in [1.82, 2.24) is 24.6 Å². The molecule has 0 aliphatic carbocycles. The van der Waals surface area contributed by atoms with Crippen LogP contribution < -0.4 is 4.74 Å². The van der Waals surface area contributed by atoms with Gasteiger partial charge in [-0.2, -0.15) is 0 Å². The Labute approximate surface area is 203 Å². The van der Waals surface area contributed by atoms with E-state index in [4.69, 9.17) is 4.74 Å². The van der Waals surface area contributed by atoms with Gasteiger partial charge in [-0.25, -0.2) is 0 Å². The van der Waals surface area contributed by atoms with Crippen molar-refractivity contribution < 1.29 is 9.53 Å². The average molecular weight is 474 g/mol. The Morgan fingerprint density at radius 1 is 1.00 bits per heavy atom. The quantitative estimate of drug-likeness (QED) is 0.323. The van der Waals surface area contributed by atoms with Crippen molar-refractivity contribution in [2.45, 2.75) is 31.6 Å². The van der Waals surface area contributed by atoms with Crippen molar-refractivity contribution in [1.29, 1.82) is 0 Å². The van der Waals surface area contributed by atoms with Crippen LogP contribution in [0.1, 0.15) is 19.4 Å². The van der Waals surface area contributed by atoms with Crippen molar-refractivity contribution in [3.05, 3.63) is 84.7 Å². The largest absolute Gasteiger partial charge is 0.497 e. The monoisotopic (exact) mass is 473 g/mol. The van der Waals surface area contributed by atoms with Crippen LogP contribution in [0.5, 0.6) is 5.75 Å². The Hall–Kier alpha value is -3.65. The van der Waals surface area contributed by atoms with Crippen molar-refractivity contribution >= 4 is 17.7 Å². The van der Waals surface area contributed by atoms with Crippen molar-refractivity contribution in [2.75, 3.05) is 12.9 Å². The Bertz CT molecular complexity index is 1210. The Morgan fingerprint density at radius 3 is 2.35 bits per heavy atom. The number of rotatable bonds is 9. The van der Waals surface area contributed by atoms with Gasteiger partial charge in [0.15, 0.2) is 11.0 Å². The molecule has 0 aliphatic heterocycles. The normalized spacial score (nSPS) is 10.9. The maximum Gasteiger partial charge on any atom is 0.233 e. The summed E-state index contributed by atoms with van der Waals surface area (Å²) >= 11 is 1.38. The summed E-state index contributed by atoms with van der Waals surface area (Å²) in [5, 5.41) is 9.51. The summed E-state index contributed by atoms with van der Waals surface area (Å²) in [6.07, 6.45) is 3.45. The molecule has 7 nitrogen and oxygen atoms in total. The van der Waals surface area contributed by atoms with Crippen LogP contribution in [0.2, 0.25) is 0 Å². The molecule has 0 spiro atoms. The molecule has 2 aromatic carbocycles. The van der Waals surface area contributed by atoms with E-state index in [1.54, 1.807) is 19.5 Å². The zero-order valence-corrected chi connectivity index (χ0v) is 20.3. The van der Waals surface area contributed by atoms with Gasteiger partial charge in [-0.05, 0) is 55.8 Å². The van der Waals surface area contributed by atoms with E-state index in [2.05, 4.69) is 15.2 Å². The topological polar surface area (TPSA) is 73.1 Å². The van der Waals surface area contributed by atoms with Crippen LogP contribution in [-0.2, 0) is 11.3 Å². The summed E-state index contributed by atoms with van der Waals surface area (Å²) in [4.78, 5) is 19.2. The molecular weight excluding hydrogens is 446 g/mol. The number of hydrogen-bond donors (Lipinski definition) is 0. The number of nitrogens with zero attached hydrogens (tertiary/aromatic N) is 5. The molecule has 0 atom stereocenters. The summed E-state index contributed by atoms with van der Waals surface area (Å²) < 4.78 is 7.27. The van der Waals surface area contributed by atoms with Crippen LogP contribution in [0, 0.1) is 0 Å². The van der Waals surface area contributed by atoms with Gasteiger partial charge >= 0.3 is 0 Å². The molecule has 0 unspecified atom stereocenters. The first-order valence-electron chi connectivity index (χ1n) is 11.0. The van der Waals surface area contributed by atoms with Gasteiger partial charge in [0, 0.05) is 36.2 Å². The van der Waals surface area contributed by atoms with Crippen LogP contribution in [0.25, 0.3) is 17.1 Å². The van der Waals surface area contributed by atoms with Gasteiger partial charge in [-0.3, -0.25) is 14.3 Å². The molecule has 0 saturated carbocycles. The second-order valence-corrected chi connectivity index (χ2v) is 8.91. The highest BCUT2D eigenvalue weighted by molar-refractivity contribution is 7.99. The zero-order valence-electron chi connectivity index (χ0n) is 19.5. The molecule has 174 valence electrons. The first-order chi connectivity index (χ1) is 16.6. The number of benzene rings is 2. The van der Waals surface area contributed by atoms with Crippen molar-refractivity contribution in [2.24, 2.45) is 0 Å². The third-order valence-electron chi connectivity index (χ3n) is 5.37. The maximum absolute atomic E-state index is 13.2. The molecule has 0 bridgehead atoms. The van der Waals surface area contributed by atoms with Crippen LogP contribution in [0.3, 0.4) is 0 Å². The third-order valence-corrected chi connectivity index (χ3v) is 6.28. The molecule has 4 rings (SSSR count). The molecule has 1 amide bonds. The van der Waals surface area contributed by atoms with Gasteiger partial charge in [-0.15, -0.1) is 10.2 Å². The highest BCUT2D eigenvalue weighted by Gasteiger charge is 2.21. The van der Waals surface area contributed by atoms with Gasteiger partial charge in [0.25, 0.3) is 0 Å². The highest BCUT2D eigenvalue weighted by Crippen LogP contribution is 2.29. The molecule has 0 saturated heterocycles. The van der Waals surface area contributed by atoms with E-state index in [-0.39, 0.29) is 17.7 Å². The predicted molar refractivity (Wildman–Crippen MR) is 134 cm³/mol. The number of ether oxygens (including phenoxy) is 1. The van der Waals surface area contributed by atoms with Crippen LogP contribution in [0.15, 0.2) is 84.3 Å². The fourth-order valence-corrected chi connectivity index (χ4v) is 4.40. The summed E-state index contributed by atoms with van der Waals surface area (Å²) in [6.45, 7) is 4.64. The summed E-state index contributed by atoms with van der Waals surface area (Å²) in [5.74, 6) is 1.77. The smallest absolute Gasteiger partial charge is 0.233 e. The molecule has 0 aliphatic rings. The minimum atomic E-state index is 0.0543. The van der Waals surface area contributed by atoms with E-state index in [1.807, 2.05) is 90.0 Å². The van der Waals surface area contributed by atoms with Crippen molar-refractivity contribution in [3.8, 4) is 22.8 Å². The molecule has 2 aromatic heterocycles. The fourth-order valence-electron chi connectivity index (χ4n) is 3.56. The van der Waals surface area contributed by atoms with Crippen molar-refractivity contribution in [3.63, 3.8) is 0 Å². The van der Waals surface area contributed by atoms with Crippen LogP contribution in [0.4, 0.5) is 0 Å². The van der Waals surface area contributed by atoms with E-state index in [1.165, 1.54) is 11.8 Å². The molecule has 34 heavy (non-hydrogen) atoms. The molecule has 4 aromatic rings. The summed E-state index contributed by atoms with van der Waals surface area (Å²) in [5.41, 5.74) is 2.89. The van der Waals surface area contributed by atoms with E-state index in [0.29, 0.717) is 17.5 Å². The number of carbonyl (C=O) groups is 1. The molecule has 0 fully saturated rings. The molecule has 0 radical (unpaired) electrons. The van der Waals surface area contributed by atoms with E-state index >= 15 is 0 Å². The lowest BCUT2D eigenvalue weighted by molar-refractivity contribution is -0.130. The lowest BCUT2D eigenvalue weighted by atomic mass is 10.2. The number of carbonyl (C=O) groups excluding carboxylic acids is 1. The molecular formula is C26H27N5O2S. The van der Waals surface area contributed by atoms with Crippen LogP contribution >= 0.6 is 11.8 Å². The lowest BCUT2D eigenvalue weighted by Gasteiger charge is -2.27. The minimum absolute atomic E-state index is 0.0543.